The quantitative estimate of drug-likeness (QED) is 0.401. The van der Waals surface area contributed by atoms with Crippen molar-refractivity contribution in [3.8, 4) is 11.4 Å². The van der Waals surface area contributed by atoms with Crippen molar-refractivity contribution in [2.24, 2.45) is 0 Å². The van der Waals surface area contributed by atoms with Crippen molar-refractivity contribution in [2.45, 2.75) is 26.2 Å². The van der Waals surface area contributed by atoms with E-state index in [0.717, 1.165) is 33.5 Å². The van der Waals surface area contributed by atoms with E-state index >= 15 is 0 Å². The molecule has 0 spiro atoms. The van der Waals surface area contributed by atoms with Crippen molar-refractivity contribution in [3.05, 3.63) is 95.7 Å². The molecule has 2 heteroatoms. The summed E-state index contributed by atoms with van der Waals surface area (Å²) < 4.78 is 0. The van der Waals surface area contributed by atoms with Gasteiger partial charge in [0.1, 0.15) is 0 Å². The molecule has 138 valence electrons. The standard InChI is InChI=1S/C26H24N2/c1-26(2,3)21-16-14-20(15-17-21)25-27-23-12-8-7-11-22(23)24(28-25)18-13-19-9-5-4-6-10-19/h4-18H,1-3H3/b18-13+. The van der Waals surface area contributed by atoms with E-state index < -0.39 is 0 Å². The fourth-order valence-electron chi connectivity index (χ4n) is 3.22. The molecule has 1 heterocycles. The average Bonchev–Trinajstić information content (AvgIpc) is 2.72. The third kappa shape index (κ3) is 3.86. The average molecular weight is 364 g/mol. The molecule has 0 bridgehead atoms. The number of hydrogen-bond donors (Lipinski definition) is 0. The van der Waals surface area contributed by atoms with Gasteiger partial charge in [-0.1, -0.05) is 99.6 Å². The maximum atomic E-state index is 4.88. The summed E-state index contributed by atoms with van der Waals surface area (Å²) in [5.41, 5.74) is 5.52. The van der Waals surface area contributed by atoms with E-state index in [1.165, 1.54) is 5.56 Å². The van der Waals surface area contributed by atoms with E-state index in [4.69, 9.17) is 9.97 Å². The molecule has 3 aromatic carbocycles. The maximum Gasteiger partial charge on any atom is 0.160 e. The highest BCUT2D eigenvalue weighted by Crippen LogP contribution is 2.27. The van der Waals surface area contributed by atoms with E-state index in [2.05, 4.69) is 75.4 Å². The zero-order valence-corrected chi connectivity index (χ0v) is 16.6. The molecule has 0 aliphatic heterocycles. The van der Waals surface area contributed by atoms with Crippen LogP contribution in [0.1, 0.15) is 37.6 Å². The number of nitrogens with zero attached hydrogens (tertiary/aromatic N) is 2. The summed E-state index contributed by atoms with van der Waals surface area (Å²) in [6, 6.07) is 27.0. The van der Waals surface area contributed by atoms with E-state index in [1.807, 2.05) is 36.4 Å². The van der Waals surface area contributed by atoms with Crippen LogP contribution in [0.15, 0.2) is 78.9 Å². The van der Waals surface area contributed by atoms with Crippen LogP contribution in [0.3, 0.4) is 0 Å². The van der Waals surface area contributed by atoms with E-state index in [1.54, 1.807) is 0 Å². The first-order chi connectivity index (χ1) is 13.5. The van der Waals surface area contributed by atoms with Crippen LogP contribution in [0.5, 0.6) is 0 Å². The predicted molar refractivity (Wildman–Crippen MR) is 119 cm³/mol. The Morgan fingerprint density at radius 1 is 0.679 bits per heavy atom. The summed E-state index contributed by atoms with van der Waals surface area (Å²) in [6.07, 6.45) is 4.17. The second-order valence-electron chi connectivity index (χ2n) is 8.02. The van der Waals surface area contributed by atoms with Gasteiger partial charge in [-0.3, -0.25) is 0 Å². The molecule has 2 nitrogen and oxygen atoms in total. The Morgan fingerprint density at radius 3 is 2.07 bits per heavy atom. The molecule has 0 unspecified atom stereocenters. The van der Waals surface area contributed by atoms with Crippen LogP contribution >= 0.6 is 0 Å². The first kappa shape index (κ1) is 18.1. The zero-order chi connectivity index (χ0) is 19.6. The highest BCUT2D eigenvalue weighted by Gasteiger charge is 2.14. The number of aromatic nitrogens is 2. The fraction of sp³-hybridized carbons (Fsp3) is 0.154. The van der Waals surface area contributed by atoms with Crippen LogP contribution in [-0.2, 0) is 5.41 Å². The molecule has 4 aromatic rings. The molecular weight excluding hydrogens is 340 g/mol. The maximum absolute atomic E-state index is 4.88. The van der Waals surface area contributed by atoms with Gasteiger partial charge in [0.25, 0.3) is 0 Å². The molecule has 0 aliphatic carbocycles. The first-order valence-corrected chi connectivity index (χ1v) is 9.61. The smallest absolute Gasteiger partial charge is 0.160 e. The molecule has 1 aromatic heterocycles. The Morgan fingerprint density at radius 2 is 1.36 bits per heavy atom. The van der Waals surface area contributed by atoms with Crippen molar-refractivity contribution >= 4 is 23.1 Å². The molecule has 0 aliphatic rings. The molecule has 0 amide bonds. The van der Waals surface area contributed by atoms with E-state index in [9.17, 15) is 0 Å². The van der Waals surface area contributed by atoms with Gasteiger partial charge in [-0.2, -0.15) is 0 Å². The summed E-state index contributed by atoms with van der Waals surface area (Å²) in [6.45, 7) is 6.67. The highest BCUT2D eigenvalue weighted by atomic mass is 14.9. The van der Waals surface area contributed by atoms with Crippen LogP contribution in [0, 0.1) is 0 Å². The molecule has 0 atom stereocenters. The van der Waals surface area contributed by atoms with Crippen molar-refractivity contribution < 1.29 is 0 Å². The Labute approximate surface area is 166 Å². The SMILES string of the molecule is CC(C)(C)c1ccc(-c2nc(/C=C/c3ccccc3)c3ccccc3n2)cc1. The normalized spacial score (nSPS) is 12.0. The van der Waals surface area contributed by atoms with Crippen LogP contribution in [0.2, 0.25) is 0 Å². The molecular formula is C26H24N2. The minimum absolute atomic E-state index is 0.131. The van der Waals surface area contributed by atoms with Gasteiger partial charge in [-0.15, -0.1) is 0 Å². The largest absolute Gasteiger partial charge is 0.228 e. The first-order valence-electron chi connectivity index (χ1n) is 9.61. The molecule has 0 saturated heterocycles. The Hall–Kier alpha value is -3.26. The Kier molecular flexibility index (Phi) is 4.79. The zero-order valence-electron chi connectivity index (χ0n) is 16.6. The van der Waals surface area contributed by atoms with Crippen molar-refractivity contribution in [1.29, 1.82) is 0 Å². The third-order valence-electron chi connectivity index (χ3n) is 4.88. The van der Waals surface area contributed by atoms with E-state index in [0.29, 0.717) is 0 Å². The summed E-state index contributed by atoms with van der Waals surface area (Å²) in [5, 5.41) is 1.06. The molecule has 0 N–H and O–H groups in total. The third-order valence-corrected chi connectivity index (χ3v) is 4.88. The van der Waals surface area contributed by atoms with Crippen LogP contribution < -0.4 is 0 Å². The predicted octanol–water partition coefficient (Wildman–Crippen LogP) is 6.76. The van der Waals surface area contributed by atoms with Gasteiger partial charge in [0.2, 0.25) is 0 Å². The van der Waals surface area contributed by atoms with Crippen LogP contribution in [0.4, 0.5) is 0 Å². The highest BCUT2D eigenvalue weighted by molar-refractivity contribution is 5.90. The van der Waals surface area contributed by atoms with Crippen molar-refractivity contribution in [1.82, 2.24) is 9.97 Å². The van der Waals surface area contributed by atoms with Gasteiger partial charge in [0.15, 0.2) is 5.82 Å². The van der Waals surface area contributed by atoms with Gasteiger partial charge < -0.3 is 0 Å². The van der Waals surface area contributed by atoms with Crippen molar-refractivity contribution in [3.63, 3.8) is 0 Å². The molecule has 0 radical (unpaired) electrons. The monoisotopic (exact) mass is 364 g/mol. The van der Waals surface area contributed by atoms with Crippen LogP contribution in [-0.4, -0.2) is 9.97 Å². The lowest BCUT2D eigenvalue weighted by atomic mass is 9.86. The molecule has 0 saturated carbocycles. The summed E-state index contributed by atoms with van der Waals surface area (Å²) >= 11 is 0. The molecule has 4 rings (SSSR count). The lowest BCUT2D eigenvalue weighted by Crippen LogP contribution is -2.10. The fourth-order valence-corrected chi connectivity index (χ4v) is 3.22. The summed E-state index contributed by atoms with van der Waals surface area (Å²) in [5.74, 6) is 0.756. The summed E-state index contributed by atoms with van der Waals surface area (Å²) in [4.78, 5) is 9.69. The van der Waals surface area contributed by atoms with Gasteiger partial charge in [-0.05, 0) is 28.7 Å². The van der Waals surface area contributed by atoms with Crippen LogP contribution in [0.25, 0.3) is 34.4 Å². The van der Waals surface area contributed by atoms with Gasteiger partial charge in [0, 0.05) is 10.9 Å². The lowest BCUT2D eigenvalue weighted by Gasteiger charge is -2.19. The van der Waals surface area contributed by atoms with E-state index in [-0.39, 0.29) is 5.41 Å². The number of fused-ring (bicyclic) bond motifs is 1. The minimum Gasteiger partial charge on any atom is -0.228 e. The van der Waals surface area contributed by atoms with Gasteiger partial charge >= 0.3 is 0 Å². The minimum atomic E-state index is 0.131. The lowest BCUT2D eigenvalue weighted by molar-refractivity contribution is 0.590. The number of hydrogen-bond acceptors (Lipinski definition) is 2. The summed E-state index contributed by atoms with van der Waals surface area (Å²) in [7, 11) is 0. The molecule has 0 fully saturated rings. The molecule has 28 heavy (non-hydrogen) atoms. The number of benzene rings is 3. The Bertz CT molecular complexity index is 1120. The number of para-hydroxylation sites is 1. The van der Waals surface area contributed by atoms with Gasteiger partial charge in [0.05, 0.1) is 11.2 Å². The topological polar surface area (TPSA) is 25.8 Å². The second-order valence-corrected chi connectivity index (χ2v) is 8.02. The number of rotatable bonds is 3. The second kappa shape index (κ2) is 7.40. The Balaban J connectivity index is 1.79. The van der Waals surface area contributed by atoms with Gasteiger partial charge in [-0.25, -0.2) is 9.97 Å². The van der Waals surface area contributed by atoms with Crippen molar-refractivity contribution in [2.75, 3.05) is 0 Å².